The summed E-state index contributed by atoms with van der Waals surface area (Å²) in [5, 5.41) is 0. The molecule has 0 N–H and O–H groups in total. The topological polar surface area (TPSA) is 57.0 Å². The number of hydrogen-bond donors (Lipinski definition) is 0. The monoisotopic (exact) mass is 138 g/mol. The summed E-state index contributed by atoms with van der Waals surface area (Å²) in [6.07, 6.45) is 0. The van der Waals surface area contributed by atoms with E-state index in [9.17, 15) is 0 Å². The van der Waals surface area contributed by atoms with Crippen LogP contribution in [-0.4, -0.2) is 0 Å². The molecule has 2 nitrogen and oxygen atoms in total. The van der Waals surface area contributed by atoms with E-state index in [0.29, 0.717) is 0 Å². The average molecular weight is 139 g/mol. The molecule has 0 amide bonds. The van der Waals surface area contributed by atoms with Crippen LogP contribution in [0.15, 0.2) is 0 Å². The largest absolute Gasteiger partial charge is 4.00 e. The Labute approximate surface area is 44.9 Å². The Morgan fingerprint density at radius 3 is 0.750 bits per heavy atom. The van der Waals surface area contributed by atoms with Gasteiger partial charge in [0, 0.05) is 0 Å². The van der Waals surface area contributed by atoms with E-state index in [2.05, 4.69) is 0 Å². The molecule has 0 unspecified atom stereocenters. The summed E-state index contributed by atoms with van der Waals surface area (Å²) in [4.78, 5) is 0. The third kappa shape index (κ3) is 14.1. The second-order valence-electron chi connectivity index (χ2n) is 0. The molecule has 0 spiro atoms. The third-order valence-electron chi connectivity index (χ3n) is 0. The van der Waals surface area contributed by atoms with Crippen LogP contribution in [0.25, 0.3) is 0 Å². The number of hydrogen-bond acceptors (Lipinski definition) is 0. The quantitative estimate of drug-likeness (QED) is 0.466. The second kappa shape index (κ2) is 46.3. The standard InChI is InChI=1S/CH4.2O.Zr/h1H4;;;/q;2*-2;+4. The smallest absolute Gasteiger partial charge is 2.00 e. The maximum atomic E-state index is 0. The molecule has 0 radical (unpaired) electrons. The van der Waals surface area contributed by atoms with Crippen molar-refractivity contribution in [3.05, 3.63) is 0 Å². The van der Waals surface area contributed by atoms with E-state index < -0.39 is 0 Å². The van der Waals surface area contributed by atoms with Crippen LogP contribution in [0.3, 0.4) is 0 Å². The van der Waals surface area contributed by atoms with Gasteiger partial charge in [-0.3, -0.25) is 0 Å². The van der Waals surface area contributed by atoms with Gasteiger partial charge in [0.25, 0.3) is 0 Å². The van der Waals surface area contributed by atoms with E-state index in [0.717, 1.165) is 0 Å². The summed E-state index contributed by atoms with van der Waals surface area (Å²) < 4.78 is 0. The van der Waals surface area contributed by atoms with Gasteiger partial charge in [-0.25, -0.2) is 0 Å². The Bertz CT molecular complexity index is 6.00. The Balaban J connectivity index is 0. The van der Waals surface area contributed by atoms with Gasteiger partial charge in [-0.15, -0.1) is 0 Å². The van der Waals surface area contributed by atoms with Crippen molar-refractivity contribution in [3.63, 3.8) is 0 Å². The molecular weight excluding hydrogens is 135 g/mol. The van der Waals surface area contributed by atoms with Gasteiger partial charge in [0.1, 0.15) is 0 Å². The average Bonchev–Trinajstić information content (AvgIpc) is 0. The van der Waals surface area contributed by atoms with Crippen molar-refractivity contribution in [2.45, 2.75) is 7.43 Å². The molecule has 0 saturated carbocycles. The van der Waals surface area contributed by atoms with Gasteiger partial charge < -0.3 is 11.0 Å². The van der Waals surface area contributed by atoms with Gasteiger partial charge in [-0.2, -0.15) is 0 Å². The molecule has 0 rings (SSSR count). The van der Waals surface area contributed by atoms with E-state index in [4.69, 9.17) is 0 Å². The fourth-order valence-corrected chi connectivity index (χ4v) is 0. The van der Waals surface area contributed by atoms with E-state index in [1.54, 1.807) is 0 Å². The first-order valence-corrected chi connectivity index (χ1v) is 0. The molecule has 0 atom stereocenters. The molecule has 0 aromatic carbocycles. The summed E-state index contributed by atoms with van der Waals surface area (Å²) >= 11 is 0. The Kier molecular flexibility index (Phi) is 1250. The van der Waals surface area contributed by atoms with E-state index in [1.165, 1.54) is 0 Å². The van der Waals surface area contributed by atoms with Crippen molar-refractivity contribution in [1.29, 1.82) is 0 Å². The maximum Gasteiger partial charge on any atom is 4.00 e. The zero-order valence-electron chi connectivity index (χ0n) is 1.32. The molecule has 0 bridgehead atoms. The molecule has 0 fully saturated rings. The molecule has 0 aliphatic rings. The zero-order chi connectivity index (χ0) is 0. The van der Waals surface area contributed by atoms with Crippen molar-refractivity contribution in [1.82, 2.24) is 0 Å². The van der Waals surface area contributed by atoms with Crippen molar-refractivity contribution in [2.75, 3.05) is 0 Å². The van der Waals surface area contributed by atoms with Gasteiger partial charge in [-0.1, -0.05) is 7.43 Å². The van der Waals surface area contributed by atoms with Gasteiger partial charge in [0.05, 0.1) is 0 Å². The van der Waals surface area contributed by atoms with Crippen molar-refractivity contribution < 1.29 is 37.2 Å². The van der Waals surface area contributed by atoms with E-state index in [-0.39, 0.29) is 44.6 Å². The molecule has 0 aliphatic heterocycles. The molecule has 0 saturated heterocycles. The van der Waals surface area contributed by atoms with Crippen molar-refractivity contribution >= 4 is 0 Å². The van der Waals surface area contributed by atoms with Crippen LogP contribution in [-0.2, 0) is 37.2 Å². The van der Waals surface area contributed by atoms with Crippen LogP contribution in [0.1, 0.15) is 7.43 Å². The first kappa shape index (κ1) is 108. The Morgan fingerprint density at radius 1 is 0.750 bits per heavy atom. The predicted molar refractivity (Wildman–Crippen MR) is 8.10 cm³/mol. The minimum Gasteiger partial charge on any atom is -2.00 e. The van der Waals surface area contributed by atoms with Gasteiger partial charge >= 0.3 is 26.2 Å². The van der Waals surface area contributed by atoms with E-state index >= 15 is 0 Å². The summed E-state index contributed by atoms with van der Waals surface area (Å²) in [6, 6.07) is 0. The van der Waals surface area contributed by atoms with E-state index in [1.807, 2.05) is 0 Å². The van der Waals surface area contributed by atoms with Crippen LogP contribution in [0.4, 0.5) is 0 Å². The van der Waals surface area contributed by atoms with Crippen LogP contribution in [0.5, 0.6) is 0 Å². The maximum absolute atomic E-state index is 0. The Morgan fingerprint density at radius 2 is 0.750 bits per heavy atom. The molecule has 3 heteroatoms. The molecule has 0 heterocycles. The number of rotatable bonds is 0. The van der Waals surface area contributed by atoms with Crippen LogP contribution in [0, 0.1) is 0 Å². The summed E-state index contributed by atoms with van der Waals surface area (Å²) in [5.41, 5.74) is 0. The summed E-state index contributed by atoms with van der Waals surface area (Å²) in [5.74, 6) is 0. The van der Waals surface area contributed by atoms with Gasteiger partial charge in [0.2, 0.25) is 0 Å². The predicted octanol–water partition coefficient (Wildman–Crippen LogP) is 0.396. The Hall–Kier alpha value is 0.803. The third-order valence-corrected chi connectivity index (χ3v) is 0. The second-order valence-corrected chi connectivity index (χ2v) is 0. The first-order valence-electron chi connectivity index (χ1n) is 0. The normalized spacial score (nSPS) is 0. The molecule has 24 valence electrons. The minimum atomic E-state index is 0. The SMILES string of the molecule is C.[O-2].[O-2].[Zr+4]. The van der Waals surface area contributed by atoms with Gasteiger partial charge in [0.15, 0.2) is 0 Å². The molecule has 0 aromatic rings. The summed E-state index contributed by atoms with van der Waals surface area (Å²) in [7, 11) is 0. The first-order chi connectivity index (χ1) is 0. The fourth-order valence-electron chi connectivity index (χ4n) is 0. The van der Waals surface area contributed by atoms with Crippen molar-refractivity contribution in [2.24, 2.45) is 0 Å². The minimum absolute atomic E-state index is 0. The van der Waals surface area contributed by atoms with Crippen LogP contribution in [0.2, 0.25) is 0 Å². The van der Waals surface area contributed by atoms with Crippen LogP contribution < -0.4 is 0 Å². The molecular formula is CH4O2Zr. The fraction of sp³-hybridized carbons (Fsp3) is 1.00. The van der Waals surface area contributed by atoms with Crippen molar-refractivity contribution in [3.8, 4) is 0 Å². The molecule has 0 aromatic heterocycles. The zero-order valence-corrected chi connectivity index (χ0v) is 3.77. The molecule has 4 heavy (non-hydrogen) atoms. The van der Waals surface area contributed by atoms with Crippen LogP contribution >= 0.6 is 0 Å². The summed E-state index contributed by atoms with van der Waals surface area (Å²) in [6.45, 7) is 0. The van der Waals surface area contributed by atoms with Gasteiger partial charge in [-0.05, 0) is 0 Å². The molecule has 0 aliphatic carbocycles.